The van der Waals surface area contributed by atoms with Gasteiger partial charge in [0.05, 0.1) is 0 Å². The highest BCUT2D eigenvalue weighted by atomic mass is 35.5. The molecule has 2 rings (SSSR count). The molecule has 122 valence electrons. The van der Waals surface area contributed by atoms with Gasteiger partial charge in [0.1, 0.15) is 6.04 Å². The number of carbonyl (C=O) groups is 2. The van der Waals surface area contributed by atoms with Gasteiger partial charge in [-0.2, -0.15) is 0 Å². The Balaban J connectivity index is 0.00000242. The Morgan fingerprint density at radius 1 is 1.23 bits per heavy atom. The first kappa shape index (κ1) is 18.5. The lowest BCUT2D eigenvalue weighted by atomic mass is 10.0. The van der Waals surface area contributed by atoms with E-state index in [2.05, 4.69) is 16.0 Å². The van der Waals surface area contributed by atoms with Crippen LogP contribution in [0, 0.1) is 0 Å². The summed E-state index contributed by atoms with van der Waals surface area (Å²) in [6.45, 7) is 0.605. The predicted molar refractivity (Wildman–Crippen MR) is 89.0 cm³/mol. The highest BCUT2D eigenvalue weighted by Crippen LogP contribution is 2.19. The zero-order valence-corrected chi connectivity index (χ0v) is 13.6. The molecule has 5 nitrogen and oxygen atoms in total. The molecule has 1 aromatic carbocycles. The summed E-state index contributed by atoms with van der Waals surface area (Å²) in [4.78, 5) is 24.1. The quantitative estimate of drug-likeness (QED) is 0.668. The second-order valence-electron chi connectivity index (χ2n) is 5.45. The minimum Gasteiger partial charge on any atom is -0.352 e. The first-order valence-electron chi connectivity index (χ1n) is 7.47. The molecule has 0 aromatic heterocycles. The lowest BCUT2D eigenvalue weighted by Crippen LogP contribution is -2.49. The van der Waals surface area contributed by atoms with Crippen molar-refractivity contribution in [3.8, 4) is 0 Å². The van der Waals surface area contributed by atoms with Crippen molar-refractivity contribution in [1.29, 1.82) is 0 Å². The van der Waals surface area contributed by atoms with Crippen molar-refractivity contribution in [2.45, 2.75) is 37.8 Å². The Labute approximate surface area is 137 Å². The number of hydrogen-bond acceptors (Lipinski definition) is 3. The highest BCUT2D eigenvalue weighted by Gasteiger charge is 2.28. The lowest BCUT2D eigenvalue weighted by Gasteiger charge is -2.18. The van der Waals surface area contributed by atoms with E-state index >= 15 is 0 Å². The van der Waals surface area contributed by atoms with Crippen LogP contribution < -0.4 is 16.0 Å². The Morgan fingerprint density at radius 2 is 1.91 bits per heavy atom. The maximum absolute atomic E-state index is 12.3. The maximum atomic E-state index is 12.3. The molecule has 1 saturated carbocycles. The first-order valence-corrected chi connectivity index (χ1v) is 7.47. The van der Waals surface area contributed by atoms with Crippen LogP contribution in [0.5, 0.6) is 0 Å². The largest absolute Gasteiger partial charge is 0.352 e. The fourth-order valence-corrected chi connectivity index (χ4v) is 2.09. The van der Waals surface area contributed by atoms with Crippen LogP contribution in [0.4, 0.5) is 0 Å². The number of carbonyl (C=O) groups excluding carboxylic acids is 2. The molecule has 1 unspecified atom stereocenters. The Hall–Kier alpha value is -1.59. The van der Waals surface area contributed by atoms with Gasteiger partial charge in [0.25, 0.3) is 0 Å². The Morgan fingerprint density at radius 3 is 2.50 bits per heavy atom. The van der Waals surface area contributed by atoms with E-state index in [-0.39, 0.29) is 24.2 Å². The summed E-state index contributed by atoms with van der Waals surface area (Å²) in [6.07, 6.45) is 2.97. The summed E-state index contributed by atoms with van der Waals surface area (Å²) >= 11 is 0. The van der Waals surface area contributed by atoms with Crippen LogP contribution in [-0.4, -0.2) is 37.5 Å². The zero-order valence-electron chi connectivity index (χ0n) is 12.8. The molecule has 1 aliphatic carbocycles. The summed E-state index contributed by atoms with van der Waals surface area (Å²) in [5.74, 6) is -0.185. The van der Waals surface area contributed by atoms with Gasteiger partial charge >= 0.3 is 0 Å². The third-order valence-electron chi connectivity index (χ3n) is 3.46. The number of halogens is 1. The molecular weight excluding hydrogens is 302 g/mol. The normalized spacial score (nSPS) is 14.6. The predicted octanol–water partition coefficient (Wildman–Crippen LogP) is 1.02. The molecule has 6 heteroatoms. The monoisotopic (exact) mass is 325 g/mol. The summed E-state index contributed by atoms with van der Waals surface area (Å²) < 4.78 is 0. The molecule has 0 aliphatic heterocycles. The molecule has 1 atom stereocenters. The number of benzene rings is 1. The minimum atomic E-state index is -0.502. The van der Waals surface area contributed by atoms with Gasteiger partial charge in [0, 0.05) is 25.4 Å². The molecule has 0 saturated heterocycles. The van der Waals surface area contributed by atoms with E-state index in [1.807, 2.05) is 30.3 Å². The van der Waals surface area contributed by atoms with Crippen LogP contribution >= 0.6 is 12.4 Å². The summed E-state index contributed by atoms with van der Waals surface area (Å²) in [5, 5.41) is 8.74. The van der Waals surface area contributed by atoms with Gasteiger partial charge < -0.3 is 16.0 Å². The fraction of sp³-hybridized carbons (Fsp3) is 0.500. The van der Waals surface area contributed by atoms with Gasteiger partial charge in [0.15, 0.2) is 0 Å². The summed E-state index contributed by atoms with van der Waals surface area (Å²) in [5.41, 5.74) is 1.04. The molecule has 0 radical (unpaired) electrons. The second-order valence-corrected chi connectivity index (χ2v) is 5.45. The molecule has 1 aromatic rings. The van der Waals surface area contributed by atoms with Gasteiger partial charge in [-0.1, -0.05) is 30.3 Å². The van der Waals surface area contributed by atoms with Crippen LogP contribution in [0.15, 0.2) is 30.3 Å². The smallest absolute Gasteiger partial charge is 0.243 e. The molecule has 0 heterocycles. The first-order chi connectivity index (χ1) is 10.2. The highest BCUT2D eigenvalue weighted by molar-refractivity contribution is 5.88. The van der Waals surface area contributed by atoms with E-state index in [0.29, 0.717) is 25.4 Å². The molecule has 3 N–H and O–H groups in total. The average molecular weight is 326 g/mol. The second kappa shape index (κ2) is 9.43. The maximum Gasteiger partial charge on any atom is 0.243 e. The van der Waals surface area contributed by atoms with Crippen molar-refractivity contribution in [3.63, 3.8) is 0 Å². The fourth-order valence-electron chi connectivity index (χ4n) is 2.09. The van der Waals surface area contributed by atoms with Crippen molar-refractivity contribution in [2.24, 2.45) is 0 Å². The molecule has 22 heavy (non-hydrogen) atoms. The zero-order chi connectivity index (χ0) is 15.1. The SMILES string of the molecule is CNCCC(=O)NC(Cc1ccccc1)C(=O)NC1CC1.Cl. The van der Waals surface area contributed by atoms with Crippen molar-refractivity contribution in [1.82, 2.24) is 16.0 Å². The third kappa shape index (κ3) is 6.45. The van der Waals surface area contributed by atoms with E-state index < -0.39 is 6.04 Å². The third-order valence-corrected chi connectivity index (χ3v) is 3.46. The van der Waals surface area contributed by atoms with E-state index in [4.69, 9.17) is 0 Å². The van der Waals surface area contributed by atoms with E-state index in [1.54, 1.807) is 7.05 Å². The van der Waals surface area contributed by atoms with Crippen molar-refractivity contribution >= 4 is 24.2 Å². The van der Waals surface area contributed by atoms with E-state index in [9.17, 15) is 9.59 Å². The number of hydrogen-bond donors (Lipinski definition) is 3. The van der Waals surface area contributed by atoms with Crippen molar-refractivity contribution in [3.05, 3.63) is 35.9 Å². The van der Waals surface area contributed by atoms with Crippen LogP contribution in [0.25, 0.3) is 0 Å². The van der Waals surface area contributed by atoms with Crippen molar-refractivity contribution in [2.75, 3.05) is 13.6 Å². The molecular formula is C16H24ClN3O2. The standard InChI is InChI=1S/C16H23N3O2.ClH/c1-17-10-9-15(20)19-14(16(21)18-13-7-8-13)11-12-5-3-2-4-6-12;/h2-6,13-14,17H,7-11H2,1H3,(H,18,21)(H,19,20);1H. The van der Waals surface area contributed by atoms with Gasteiger partial charge in [-0.15, -0.1) is 12.4 Å². The number of rotatable bonds is 8. The Bertz CT molecular complexity index is 478. The van der Waals surface area contributed by atoms with Gasteiger partial charge in [-0.3, -0.25) is 9.59 Å². The molecule has 0 spiro atoms. The van der Waals surface area contributed by atoms with Crippen LogP contribution in [0.2, 0.25) is 0 Å². The topological polar surface area (TPSA) is 70.2 Å². The molecule has 0 bridgehead atoms. The van der Waals surface area contributed by atoms with Crippen LogP contribution in [0.3, 0.4) is 0 Å². The molecule has 1 aliphatic rings. The Kier molecular flexibility index (Phi) is 7.91. The van der Waals surface area contributed by atoms with Crippen LogP contribution in [-0.2, 0) is 16.0 Å². The van der Waals surface area contributed by atoms with Gasteiger partial charge in [0.2, 0.25) is 11.8 Å². The van der Waals surface area contributed by atoms with E-state index in [1.165, 1.54) is 0 Å². The van der Waals surface area contributed by atoms with Crippen LogP contribution in [0.1, 0.15) is 24.8 Å². The van der Waals surface area contributed by atoms with Gasteiger partial charge in [-0.05, 0) is 25.5 Å². The number of nitrogens with one attached hydrogen (secondary N) is 3. The lowest BCUT2D eigenvalue weighted by molar-refractivity contribution is -0.129. The summed E-state index contributed by atoms with van der Waals surface area (Å²) in [7, 11) is 1.80. The van der Waals surface area contributed by atoms with Crippen molar-refractivity contribution < 1.29 is 9.59 Å². The minimum absolute atomic E-state index is 0. The van der Waals surface area contributed by atoms with E-state index in [0.717, 1.165) is 18.4 Å². The molecule has 1 fully saturated rings. The number of amides is 2. The summed E-state index contributed by atoms with van der Waals surface area (Å²) in [6, 6.07) is 9.55. The average Bonchev–Trinajstić information content (AvgIpc) is 3.29. The van der Waals surface area contributed by atoms with Gasteiger partial charge in [-0.25, -0.2) is 0 Å². The molecule has 2 amide bonds.